The molecular formula is C20H21N5O3S. The lowest BCUT2D eigenvalue weighted by Crippen LogP contribution is -2.31. The summed E-state index contributed by atoms with van der Waals surface area (Å²) in [6, 6.07) is 9.27. The predicted octanol–water partition coefficient (Wildman–Crippen LogP) is 2.13. The van der Waals surface area contributed by atoms with E-state index in [4.69, 9.17) is 4.74 Å². The molecule has 1 fully saturated rings. The summed E-state index contributed by atoms with van der Waals surface area (Å²) in [6.07, 6.45) is 4.51. The third kappa shape index (κ3) is 4.52. The number of hydrogen-bond acceptors (Lipinski definition) is 7. The second kappa shape index (κ2) is 8.54. The Labute approximate surface area is 171 Å². The van der Waals surface area contributed by atoms with E-state index in [0.717, 1.165) is 16.9 Å². The fraction of sp³-hybridized carbons (Fsp3) is 0.300. The fourth-order valence-corrected chi connectivity index (χ4v) is 4.16. The van der Waals surface area contributed by atoms with Gasteiger partial charge in [-0.2, -0.15) is 5.10 Å². The van der Waals surface area contributed by atoms with Gasteiger partial charge in [-0.25, -0.2) is 9.67 Å². The highest BCUT2D eigenvalue weighted by molar-refractivity contribution is 7.13. The Morgan fingerprint density at radius 1 is 1.34 bits per heavy atom. The minimum Gasteiger partial charge on any atom is -0.468 e. The van der Waals surface area contributed by atoms with Crippen molar-refractivity contribution in [1.82, 2.24) is 20.1 Å². The molecule has 0 radical (unpaired) electrons. The summed E-state index contributed by atoms with van der Waals surface area (Å²) >= 11 is 1.39. The minimum absolute atomic E-state index is 0.116. The summed E-state index contributed by atoms with van der Waals surface area (Å²) in [6.45, 7) is 0.666. The summed E-state index contributed by atoms with van der Waals surface area (Å²) in [7, 11) is 1.39. The molecular weight excluding hydrogens is 390 g/mol. The Hall–Kier alpha value is -3.04. The molecule has 2 N–H and O–H groups in total. The quantitative estimate of drug-likeness (QED) is 0.603. The average Bonchev–Trinajstić information content (AvgIpc) is 3.48. The molecule has 3 aromatic rings. The van der Waals surface area contributed by atoms with Crippen LogP contribution in [-0.2, 0) is 20.7 Å². The van der Waals surface area contributed by atoms with E-state index in [-0.39, 0.29) is 30.3 Å². The van der Waals surface area contributed by atoms with Crippen molar-refractivity contribution in [3.63, 3.8) is 0 Å². The van der Waals surface area contributed by atoms with Crippen molar-refractivity contribution in [3.05, 3.63) is 59.4 Å². The van der Waals surface area contributed by atoms with Crippen LogP contribution >= 0.6 is 11.3 Å². The number of benzene rings is 1. The number of carbonyl (C=O) groups is 2. The zero-order valence-electron chi connectivity index (χ0n) is 15.9. The van der Waals surface area contributed by atoms with Crippen LogP contribution in [0.2, 0.25) is 0 Å². The maximum Gasteiger partial charge on any atom is 0.322 e. The summed E-state index contributed by atoms with van der Waals surface area (Å²) in [5.74, 6) is -0.236. The van der Waals surface area contributed by atoms with Crippen LogP contribution < -0.4 is 10.6 Å². The highest BCUT2D eigenvalue weighted by Gasteiger charge is 2.32. The lowest BCUT2D eigenvalue weighted by Gasteiger charge is -2.07. The first-order valence-corrected chi connectivity index (χ1v) is 10.2. The number of anilines is 1. The van der Waals surface area contributed by atoms with Gasteiger partial charge in [0.1, 0.15) is 6.04 Å². The third-order valence-electron chi connectivity index (χ3n) is 4.87. The lowest BCUT2D eigenvalue weighted by atomic mass is 10.0. The van der Waals surface area contributed by atoms with Crippen LogP contribution in [0.3, 0.4) is 0 Å². The molecule has 0 spiro atoms. The number of thiazole rings is 1. The van der Waals surface area contributed by atoms with E-state index in [9.17, 15) is 9.59 Å². The zero-order chi connectivity index (χ0) is 20.2. The van der Waals surface area contributed by atoms with E-state index in [1.165, 1.54) is 18.4 Å². The van der Waals surface area contributed by atoms with E-state index in [2.05, 4.69) is 20.7 Å². The van der Waals surface area contributed by atoms with E-state index in [1.807, 2.05) is 41.9 Å². The highest BCUT2D eigenvalue weighted by atomic mass is 32.1. The van der Waals surface area contributed by atoms with Gasteiger partial charge in [0.2, 0.25) is 5.91 Å². The molecule has 2 atom stereocenters. The van der Waals surface area contributed by atoms with Crippen molar-refractivity contribution in [2.75, 3.05) is 19.0 Å². The van der Waals surface area contributed by atoms with Gasteiger partial charge in [0.25, 0.3) is 0 Å². The predicted molar refractivity (Wildman–Crippen MR) is 109 cm³/mol. The third-order valence-corrected chi connectivity index (χ3v) is 5.65. The molecule has 9 heteroatoms. The van der Waals surface area contributed by atoms with Gasteiger partial charge in [-0.1, -0.05) is 12.1 Å². The van der Waals surface area contributed by atoms with Gasteiger partial charge >= 0.3 is 5.97 Å². The molecule has 1 aliphatic rings. The first kappa shape index (κ1) is 19.3. The number of ether oxygens (including phenoxy) is 1. The fourth-order valence-electron chi connectivity index (χ4n) is 3.35. The van der Waals surface area contributed by atoms with E-state index in [0.29, 0.717) is 18.1 Å². The molecule has 1 saturated heterocycles. The Morgan fingerprint density at radius 2 is 2.17 bits per heavy atom. The number of carbonyl (C=O) groups excluding carboxylic acids is 2. The molecule has 1 aromatic carbocycles. The molecule has 1 amide bonds. The van der Waals surface area contributed by atoms with Crippen LogP contribution in [0, 0.1) is 0 Å². The summed E-state index contributed by atoms with van der Waals surface area (Å²) in [4.78, 5) is 28.5. The van der Waals surface area contributed by atoms with Crippen molar-refractivity contribution in [2.24, 2.45) is 0 Å². The molecule has 0 bridgehead atoms. The number of amides is 1. The number of methoxy groups -OCH3 is 1. The Balaban J connectivity index is 1.32. The summed E-state index contributed by atoms with van der Waals surface area (Å²) in [5.41, 5.74) is 2.74. The lowest BCUT2D eigenvalue weighted by molar-refractivity contribution is -0.142. The van der Waals surface area contributed by atoms with Crippen LogP contribution in [-0.4, -0.2) is 46.3 Å². The average molecular weight is 411 g/mol. The van der Waals surface area contributed by atoms with Crippen molar-refractivity contribution in [2.45, 2.75) is 24.8 Å². The number of nitrogens with zero attached hydrogens (tertiary/aromatic N) is 3. The van der Waals surface area contributed by atoms with Crippen LogP contribution in [0.15, 0.2) is 48.1 Å². The largest absolute Gasteiger partial charge is 0.468 e. The van der Waals surface area contributed by atoms with E-state index < -0.39 is 0 Å². The van der Waals surface area contributed by atoms with E-state index in [1.54, 1.807) is 10.9 Å². The summed E-state index contributed by atoms with van der Waals surface area (Å²) in [5, 5.41) is 12.7. The second-order valence-corrected chi connectivity index (χ2v) is 7.69. The normalized spacial score (nSPS) is 18.5. The van der Waals surface area contributed by atoms with Crippen LogP contribution in [0.5, 0.6) is 0 Å². The smallest absolute Gasteiger partial charge is 0.322 e. The van der Waals surface area contributed by atoms with Gasteiger partial charge in [-0.3, -0.25) is 9.59 Å². The molecule has 0 aliphatic carbocycles. The maximum atomic E-state index is 12.4. The monoisotopic (exact) mass is 411 g/mol. The molecule has 4 rings (SSSR count). The van der Waals surface area contributed by atoms with Gasteiger partial charge in [0.05, 0.1) is 24.9 Å². The minimum atomic E-state index is -0.297. The van der Waals surface area contributed by atoms with Gasteiger partial charge in [0, 0.05) is 30.2 Å². The highest BCUT2D eigenvalue weighted by Crippen LogP contribution is 2.29. The SMILES string of the molecule is COC(=O)C1CC(c2csc(NC(=O)Cc3ccc(-n4cccn4)cc3)n2)CN1. The van der Waals surface area contributed by atoms with Gasteiger partial charge in [-0.15, -0.1) is 11.3 Å². The van der Waals surface area contributed by atoms with Crippen LogP contribution in [0.1, 0.15) is 23.6 Å². The van der Waals surface area contributed by atoms with Gasteiger partial charge < -0.3 is 15.4 Å². The Kier molecular flexibility index (Phi) is 5.68. The molecule has 2 unspecified atom stereocenters. The second-order valence-electron chi connectivity index (χ2n) is 6.84. The Bertz CT molecular complexity index is 984. The molecule has 3 heterocycles. The molecule has 8 nitrogen and oxygen atoms in total. The van der Waals surface area contributed by atoms with Crippen molar-refractivity contribution >= 4 is 28.3 Å². The zero-order valence-corrected chi connectivity index (χ0v) is 16.7. The number of aromatic nitrogens is 3. The maximum absolute atomic E-state index is 12.4. The standard InChI is InChI=1S/C20H21N5O3S/c1-28-19(27)16-10-14(11-21-16)17-12-29-20(23-17)24-18(26)9-13-3-5-15(6-4-13)25-8-2-7-22-25/h2-8,12,14,16,21H,9-11H2,1H3,(H,23,24,26). The van der Waals surface area contributed by atoms with Crippen molar-refractivity contribution < 1.29 is 14.3 Å². The topological polar surface area (TPSA) is 98.1 Å². The first-order chi connectivity index (χ1) is 14.1. The molecule has 1 aliphatic heterocycles. The first-order valence-electron chi connectivity index (χ1n) is 9.28. The van der Waals surface area contributed by atoms with Crippen LogP contribution in [0.25, 0.3) is 5.69 Å². The molecule has 2 aromatic heterocycles. The van der Waals surface area contributed by atoms with Crippen molar-refractivity contribution in [1.29, 1.82) is 0 Å². The van der Waals surface area contributed by atoms with Crippen molar-refractivity contribution in [3.8, 4) is 5.69 Å². The van der Waals surface area contributed by atoms with E-state index >= 15 is 0 Å². The number of nitrogens with one attached hydrogen (secondary N) is 2. The van der Waals surface area contributed by atoms with Gasteiger partial charge in [-0.05, 0) is 30.2 Å². The number of hydrogen-bond donors (Lipinski definition) is 2. The van der Waals surface area contributed by atoms with Gasteiger partial charge in [0.15, 0.2) is 5.13 Å². The number of rotatable bonds is 6. The van der Waals surface area contributed by atoms with Crippen LogP contribution in [0.4, 0.5) is 5.13 Å². The molecule has 0 saturated carbocycles. The molecule has 29 heavy (non-hydrogen) atoms. The number of esters is 1. The molecule has 150 valence electrons. The Morgan fingerprint density at radius 3 is 2.90 bits per heavy atom. The summed E-state index contributed by atoms with van der Waals surface area (Å²) < 4.78 is 6.55.